The maximum atomic E-state index is 12.7. The number of hydrogen-bond donors (Lipinski definition) is 1. The minimum absolute atomic E-state index is 0.000642. The van der Waals surface area contributed by atoms with Gasteiger partial charge >= 0.3 is 0 Å². The zero-order chi connectivity index (χ0) is 21.6. The van der Waals surface area contributed by atoms with Crippen molar-refractivity contribution in [1.29, 1.82) is 0 Å². The quantitative estimate of drug-likeness (QED) is 0.602. The number of pyridine rings is 1. The van der Waals surface area contributed by atoms with E-state index in [1.54, 1.807) is 17.4 Å². The summed E-state index contributed by atoms with van der Waals surface area (Å²) in [4.78, 5) is 31.3. The molecule has 1 aliphatic heterocycles. The van der Waals surface area contributed by atoms with Gasteiger partial charge in [-0.25, -0.2) is 0 Å². The average molecular weight is 432 g/mol. The highest BCUT2D eigenvalue weighted by Gasteiger charge is 2.23. The number of nitrogens with one attached hydrogen (secondary N) is 1. The molecule has 0 radical (unpaired) electrons. The summed E-state index contributed by atoms with van der Waals surface area (Å²) in [5.74, 6) is 0.00904. The molecule has 0 spiro atoms. The Balaban J connectivity index is 1.41. The first kappa shape index (κ1) is 21.0. The molecule has 0 atom stereocenters. The Bertz CT molecular complexity index is 1090. The lowest BCUT2D eigenvalue weighted by atomic mass is 9.94. The number of carbonyl (C=O) groups excluding carboxylic acids is 2. The van der Waals surface area contributed by atoms with Crippen molar-refractivity contribution in [2.75, 3.05) is 6.54 Å². The summed E-state index contributed by atoms with van der Waals surface area (Å²) < 4.78 is 0. The van der Waals surface area contributed by atoms with Gasteiger partial charge in [-0.2, -0.15) is 11.3 Å². The number of thiophene rings is 1. The van der Waals surface area contributed by atoms with Gasteiger partial charge in [-0.15, -0.1) is 0 Å². The highest BCUT2D eigenvalue weighted by Crippen LogP contribution is 2.24. The lowest BCUT2D eigenvalue weighted by Gasteiger charge is -2.30. The Hall–Kier alpha value is -3.25. The van der Waals surface area contributed by atoms with Crippen molar-refractivity contribution < 1.29 is 9.59 Å². The second kappa shape index (κ2) is 9.71. The van der Waals surface area contributed by atoms with Gasteiger partial charge in [0.05, 0.1) is 6.42 Å². The lowest BCUT2D eigenvalue weighted by molar-refractivity contribution is -0.126. The van der Waals surface area contributed by atoms with Crippen molar-refractivity contribution in [3.8, 4) is 0 Å². The van der Waals surface area contributed by atoms with E-state index >= 15 is 0 Å². The molecule has 6 heteroatoms. The van der Waals surface area contributed by atoms with Crippen molar-refractivity contribution >= 4 is 29.2 Å². The van der Waals surface area contributed by atoms with Crippen LogP contribution in [-0.2, 0) is 35.5 Å². The van der Waals surface area contributed by atoms with E-state index in [-0.39, 0.29) is 11.8 Å². The topological polar surface area (TPSA) is 62.3 Å². The number of aryl methyl sites for hydroxylation is 1. The van der Waals surface area contributed by atoms with E-state index in [0.29, 0.717) is 26.1 Å². The van der Waals surface area contributed by atoms with E-state index in [0.717, 1.165) is 34.4 Å². The van der Waals surface area contributed by atoms with Crippen LogP contribution in [0, 0.1) is 6.92 Å². The molecule has 3 heterocycles. The third-order valence-electron chi connectivity index (χ3n) is 5.53. The van der Waals surface area contributed by atoms with Crippen LogP contribution in [0.15, 0.2) is 59.4 Å². The van der Waals surface area contributed by atoms with Crippen LogP contribution in [-0.4, -0.2) is 28.2 Å². The fraction of sp³-hybridized carbons (Fsp3) is 0.240. The van der Waals surface area contributed by atoms with Gasteiger partial charge in [-0.1, -0.05) is 30.3 Å². The Kier molecular flexibility index (Phi) is 6.57. The zero-order valence-corrected chi connectivity index (χ0v) is 18.3. The van der Waals surface area contributed by atoms with Crippen molar-refractivity contribution in [2.24, 2.45) is 0 Å². The maximum Gasteiger partial charge on any atom is 0.246 e. The molecule has 0 unspecified atom stereocenters. The molecule has 0 bridgehead atoms. The van der Waals surface area contributed by atoms with Crippen molar-refractivity contribution in [1.82, 2.24) is 15.2 Å². The Morgan fingerprint density at radius 2 is 2.06 bits per heavy atom. The minimum Gasteiger partial charge on any atom is -0.352 e. The highest BCUT2D eigenvalue weighted by molar-refractivity contribution is 7.08. The third-order valence-corrected chi connectivity index (χ3v) is 6.26. The molecule has 0 aliphatic carbocycles. The predicted molar refractivity (Wildman–Crippen MR) is 123 cm³/mol. The number of fused-ring (bicyclic) bond motifs is 1. The second-order valence-electron chi connectivity index (χ2n) is 7.66. The van der Waals surface area contributed by atoms with E-state index in [1.807, 2.05) is 71.3 Å². The Morgan fingerprint density at radius 1 is 1.23 bits per heavy atom. The summed E-state index contributed by atoms with van der Waals surface area (Å²) in [5, 5.41) is 7.01. The molecular weight excluding hydrogens is 406 g/mol. The van der Waals surface area contributed by atoms with Gasteiger partial charge in [-0.05, 0) is 64.1 Å². The Labute approximate surface area is 186 Å². The largest absolute Gasteiger partial charge is 0.352 e. The summed E-state index contributed by atoms with van der Waals surface area (Å²) in [7, 11) is 0. The fourth-order valence-electron chi connectivity index (χ4n) is 3.81. The molecule has 4 rings (SSSR count). The van der Waals surface area contributed by atoms with E-state index in [4.69, 9.17) is 0 Å². The standard InChI is InChI=1S/C25H25N3O2S/c1-18-23(15-27-24(29)13-20-10-12-31-17-20)22-9-11-28(16-21(22)14-26-18)25(30)8-7-19-5-3-2-4-6-19/h2-8,10,12,14,17H,9,11,13,15-16H2,1H3,(H,27,29). The van der Waals surface area contributed by atoms with Gasteiger partial charge in [0, 0.05) is 37.6 Å². The average Bonchev–Trinajstić information content (AvgIpc) is 3.30. The summed E-state index contributed by atoms with van der Waals surface area (Å²) in [6.45, 7) is 3.63. The molecule has 31 heavy (non-hydrogen) atoms. The molecule has 2 amide bonds. The molecule has 0 saturated carbocycles. The molecule has 1 N–H and O–H groups in total. The number of amides is 2. The molecular formula is C25H25N3O2S. The van der Waals surface area contributed by atoms with Crippen LogP contribution in [0.4, 0.5) is 0 Å². The molecule has 5 nitrogen and oxygen atoms in total. The molecule has 1 aliphatic rings. The second-order valence-corrected chi connectivity index (χ2v) is 8.44. The van der Waals surface area contributed by atoms with Crippen LogP contribution in [0.2, 0.25) is 0 Å². The number of rotatable bonds is 6. The molecule has 158 valence electrons. The van der Waals surface area contributed by atoms with Crippen LogP contribution in [0.1, 0.15) is 33.5 Å². The smallest absolute Gasteiger partial charge is 0.246 e. The summed E-state index contributed by atoms with van der Waals surface area (Å²) in [5.41, 5.74) is 6.30. The van der Waals surface area contributed by atoms with Crippen LogP contribution >= 0.6 is 11.3 Å². The van der Waals surface area contributed by atoms with Crippen LogP contribution in [0.5, 0.6) is 0 Å². The van der Waals surface area contributed by atoms with Gasteiger partial charge in [-0.3, -0.25) is 14.6 Å². The first-order valence-electron chi connectivity index (χ1n) is 10.4. The maximum absolute atomic E-state index is 12.7. The monoisotopic (exact) mass is 431 g/mol. The number of carbonyl (C=O) groups is 2. The highest BCUT2D eigenvalue weighted by atomic mass is 32.1. The third kappa shape index (κ3) is 5.27. The van der Waals surface area contributed by atoms with Crippen LogP contribution in [0.3, 0.4) is 0 Å². The van der Waals surface area contributed by atoms with Gasteiger partial charge in [0.25, 0.3) is 0 Å². The number of benzene rings is 1. The van der Waals surface area contributed by atoms with Gasteiger partial charge < -0.3 is 10.2 Å². The summed E-state index contributed by atoms with van der Waals surface area (Å²) >= 11 is 1.59. The van der Waals surface area contributed by atoms with Crippen molar-refractivity contribution in [2.45, 2.75) is 32.9 Å². The zero-order valence-electron chi connectivity index (χ0n) is 17.5. The lowest BCUT2D eigenvalue weighted by Crippen LogP contribution is -2.36. The van der Waals surface area contributed by atoms with Gasteiger partial charge in [0.1, 0.15) is 0 Å². The summed E-state index contributed by atoms with van der Waals surface area (Å²) in [6, 6.07) is 11.8. The first-order valence-corrected chi connectivity index (χ1v) is 11.3. The van der Waals surface area contributed by atoms with Crippen LogP contribution in [0.25, 0.3) is 6.08 Å². The molecule has 2 aromatic heterocycles. The van der Waals surface area contributed by atoms with E-state index in [1.165, 1.54) is 5.56 Å². The van der Waals surface area contributed by atoms with Crippen molar-refractivity contribution in [3.05, 3.63) is 92.9 Å². The normalized spacial score (nSPS) is 13.3. The number of nitrogens with zero attached hydrogens (tertiary/aromatic N) is 2. The van der Waals surface area contributed by atoms with Crippen LogP contribution < -0.4 is 5.32 Å². The first-order chi connectivity index (χ1) is 15.1. The molecule has 0 fully saturated rings. The minimum atomic E-state index is 0.000642. The Morgan fingerprint density at radius 3 is 2.84 bits per heavy atom. The molecule has 1 aromatic carbocycles. The number of aromatic nitrogens is 1. The van der Waals surface area contributed by atoms with E-state index < -0.39 is 0 Å². The molecule has 0 saturated heterocycles. The van der Waals surface area contributed by atoms with Crippen molar-refractivity contribution in [3.63, 3.8) is 0 Å². The van der Waals surface area contributed by atoms with Gasteiger partial charge in [0.2, 0.25) is 11.8 Å². The van der Waals surface area contributed by atoms with E-state index in [9.17, 15) is 9.59 Å². The summed E-state index contributed by atoms with van der Waals surface area (Å²) in [6.07, 6.45) is 6.50. The fourth-order valence-corrected chi connectivity index (χ4v) is 4.48. The number of hydrogen-bond acceptors (Lipinski definition) is 4. The predicted octanol–water partition coefficient (Wildman–Crippen LogP) is 3.91. The van der Waals surface area contributed by atoms with Gasteiger partial charge in [0.15, 0.2) is 0 Å². The molecule has 3 aromatic rings. The van der Waals surface area contributed by atoms with E-state index in [2.05, 4.69) is 10.3 Å². The SMILES string of the molecule is Cc1ncc2c(c1CNC(=O)Cc1ccsc1)CCN(C(=O)C=Cc1ccccc1)C2.